The number of pyridine rings is 1. The third kappa shape index (κ3) is 3.27. The Bertz CT molecular complexity index is 687. The molecule has 8 heteroatoms. The van der Waals surface area contributed by atoms with Crippen LogP contribution in [-0.4, -0.2) is 18.1 Å². The van der Waals surface area contributed by atoms with E-state index >= 15 is 0 Å². The van der Waals surface area contributed by atoms with Gasteiger partial charge in [-0.3, -0.25) is 0 Å². The fraction of sp³-hybridized carbons (Fsp3) is 0.0769. The number of rotatable bonds is 3. The molecule has 1 aromatic carbocycles. The number of halogens is 3. The Morgan fingerprint density at radius 1 is 1.33 bits per heavy atom. The number of hydrogen-bond donors (Lipinski definition) is 2. The number of benzene rings is 1. The molecule has 0 saturated carbocycles. The third-order valence-electron chi connectivity index (χ3n) is 2.57. The Morgan fingerprint density at radius 2 is 1.95 bits per heavy atom. The van der Waals surface area contributed by atoms with Gasteiger partial charge in [-0.2, -0.15) is 0 Å². The largest absolute Gasteiger partial charge is 0.464 e. The Morgan fingerprint density at radius 3 is 2.52 bits per heavy atom. The molecule has 2 rings (SSSR count). The quantitative estimate of drug-likeness (QED) is 0.824. The van der Waals surface area contributed by atoms with Gasteiger partial charge < -0.3 is 15.8 Å². The van der Waals surface area contributed by atoms with Gasteiger partial charge in [-0.15, -0.1) is 0 Å². The van der Waals surface area contributed by atoms with Crippen LogP contribution >= 0.6 is 15.9 Å². The zero-order chi connectivity index (χ0) is 15.6. The lowest BCUT2D eigenvalue weighted by Crippen LogP contribution is -2.09. The highest BCUT2D eigenvalue weighted by atomic mass is 79.9. The minimum atomic E-state index is -0.827. The molecule has 0 spiro atoms. The number of carbonyl (C=O) groups excluding carboxylic acids is 1. The van der Waals surface area contributed by atoms with Gasteiger partial charge in [0, 0.05) is 4.47 Å². The number of hydrogen-bond acceptors (Lipinski definition) is 5. The number of nitrogens with one attached hydrogen (secondary N) is 1. The summed E-state index contributed by atoms with van der Waals surface area (Å²) in [5, 5.41) is 2.44. The van der Waals surface area contributed by atoms with Crippen molar-refractivity contribution in [2.75, 3.05) is 18.2 Å². The zero-order valence-electron chi connectivity index (χ0n) is 10.8. The summed E-state index contributed by atoms with van der Waals surface area (Å²) in [7, 11) is 1.20. The van der Waals surface area contributed by atoms with E-state index in [1.54, 1.807) is 0 Å². The maximum Gasteiger partial charge on any atom is 0.356 e. The van der Waals surface area contributed by atoms with Crippen molar-refractivity contribution in [3.63, 3.8) is 0 Å². The standard InChI is InChI=1S/C13H10BrF2N3O2/c1-21-13(20)10-3-2-9(17)12(18-10)19-11-7(15)4-6(14)5-8(11)16/h2-5H,17H2,1H3,(H,18,19). The topological polar surface area (TPSA) is 77.2 Å². The van der Waals surface area contributed by atoms with E-state index in [1.165, 1.54) is 19.2 Å². The maximum atomic E-state index is 13.8. The highest BCUT2D eigenvalue weighted by Crippen LogP contribution is 2.28. The average Bonchev–Trinajstić information content (AvgIpc) is 2.43. The van der Waals surface area contributed by atoms with E-state index in [0.717, 1.165) is 12.1 Å². The predicted octanol–water partition coefficient (Wildman–Crippen LogP) is 3.23. The fourth-order valence-corrected chi connectivity index (χ4v) is 1.97. The van der Waals surface area contributed by atoms with Gasteiger partial charge in [0.2, 0.25) is 0 Å². The molecule has 0 aliphatic carbocycles. The monoisotopic (exact) mass is 357 g/mol. The Hall–Kier alpha value is -2.22. The number of nitrogens with two attached hydrogens (primary N) is 1. The summed E-state index contributed by atoms with van der Waals surface area (Å²) >= 11 is 2.98. The molecular formula is C13H10BrF2N3O2. The van der Waals surface area contributed by atoms with Crippen LogP contribution in [0.1, 0.15) is 10.5 Å². The van der Waals surface area contributed by atoms with Crippen molar-refractivity contribution >= 4 is 39.1 Å². The molecule has 1 aromatic heterocycles. The molecule has 0 bridgehead atoms. The summed E-state index contributed by atoms with van der Waals surface area (Å²) in [4.78, 5) is 15.3. The molecule has 2 aromatic rings. The number of methoxy groups -OCH3 is 1. The van der Waals surface area contributed by atoms with Crippen molar-refractivity contribution in [2.45, 2.75) is 0 Å². The first-order valence-corrected chi connectivity index (χ1v) is 6.48. The molecule has 0 aliphatic heterocycles. The fourth-order valence-electron chi connectivity index (χ4n) is 1.57. The molecule has 3 N–H and O–H groups in total. The van der Waals surface area contributed by atoms with Gasteiger partial charge in [0.05, 0.1) is 12.8 Å². The molecular weight excluding hydrogens is 348 g/mol. The van der Waals surface area contributed by atoms with E-state index in [4.69, 9.17) is 5.73 Å². The molecule has 21 heavy (non-hydrogen) atoms. The first kappa shape index (κ1) is 15.2. The van der Waals surface area contributed by atoms with Crippen LogP contribution in [0.3, 0.4) is 0 Å². The minimum Gasteiger partial charge on any atom is -0.464 e. The highest BCUT2D eigenvalue weighted by molar-refractivity contribution is 9.10. The van der Waals surface area contributed by atoms with Gasteiger partial charge in [0.1, 0.15) is 5.69 Å². The second kappa shape index (κ2) is 6.04. The number of esters is 1. The summed E-state index contributed by atoms with van der Waals surface area (Å²) in [6, 6.07) is 4.91. The Kier molecular flexibility index (Phi) is 4.37. The van der Waals surface area contributed by atoms with Crippen molar-refractivity contribution < 1.29 is 18.3 Å². The first-order valence-electron chi connectivity index (χ1n) is 5.68. The lowest BCUT2D eigenvalue weighted by molar-refractivity contribution is 0.0594. The van der Waals surface area contributed by atoms with Crippen LogP contribution in [0.5, 0.6) is 0 Å². The number of ether oxygens (including phenoxy) is 1. The summed E-state index contributed by atoms with van der Waals surface area (Å²) in [6.45, 7) is 0. The van der Waals surface area contributed by atoms with E-state index in [2.05, 4.69) is 31.0 Å². The SMILES string of the molecule is COC(=O)c1ccc(N)c(Nc2c(F)cc(Br)cc2F)n1. The second-order valence-electron chi connectivity index (χ2n) is 4.00. The summed E-state index contributed by atoms with van der Waals surface area (Å²) < 4.78 is 32.3. The number of nitrogen functional groups attached to an aromatic ring is 1. The number of aromatic nitrogens is 1. The molecule has 0 unspecified atom stereocenters. The minimum absolute atomic E-state index is 0.0351. The molecule has 0 amide bonds. The average molecular weight is 358 g/mol. The van der Waals surface area contributed by atoms with Gasteiger partial charge in [-0.05, 0) is 24.3 Å². The lowest BCUT2D eigenvalue weighted by Gasteiger charge is -2.11. The van der Waals surface area contributed by atoms with Gasteiger partial charge in [-0.25, -0.2) is 18.6 Å². The van der Waals surface area contributed by atoms with Crippen molar-refractivity contribution in [3.05, 3.63) is 46.1 Å². The molecule has 0 saturated heterocycles. The zero-order valence-corrected chi connectivity index (χ0v) is 12.4. The Balaban J connectivity index is 2.42. The first-order chi connectivity index (χ1) is 9.92. The van der Waals surface area contributed by atoms with Crippen LogP contribution in [0.2, 0.25) is 0 Å². The van der Waals surface area contributed by atoms with Crippen LogP contribution < -0.4 is 11.1 Å². The van der Waals surface area contributed by atoms with Crippen molar-refractivity contribution in [2.24, 2.45) is 0 Å². The third-order valence-corrected chi connectivity index (χ3v) is 3.03. The van der Waals surface area contributed by atoms with Gasteiger partial charge in [-0.1, -0.05) is 15.9 Å². The van der Waals surface area contributed by atoms with E-state index < -0.39 is 23.3 Å². The lowest BCUT2D eigenvalue weighted by atomic mass is 10.2. The summed E-state index contributed by atoms with van der Waals surface area (Å²) in [6.07, 6.45) is 0. The van der Waals surface area contributed by atoms with E-state index in [1.807, 2.05) is 0 Å². The highest BCUT2D eigenvalue weighted by Gasteiger charge is 2.15. The van der Waals surface area contributed by atoms with Gasteiger partial charge in [0.15, 0.2) is 23.1 Å². The van der Waals surface area contributed by atoms with E-state index in [9.17, 15) is 13.6 Å². The smallest absolute Gasteiger partial charge is 0.356 e. The Labute approximate surface area is 127 Å². The number of nitrogens with zero attached hydrogens (tertiary/aromatic N) is 1. The van der Waals surface area contributed by atoms with Crippen LogP contribution in [0.4, 0.5) is 26.0 Å². The van der Waals surface area contributed by atoms with Crippen LogP contribution in [0.15, 0.2) is 28.7 Å². The van der Waals surface area contributed by atoms with Crippen LogP contribution in [-0.2, 0) is 4.74 Å². The molecule has 0 fully saturated rings. The molecule has 5 nitrogen and oxygen atoms in total. The summed E-state index contributed by atoms with van der Waals surface area (Å²) in [5.41, 5.74) is 5.35. The molecule has 1 heterocycles. The van der Waals surface area contributed by atoms with E-state index in [0.29, 0.717) is 0 Å². The second-order valence-corrected chi connectivity index (χ2v) is 4.91. The normalized spacial score (nSPS) is 10.3. The molecule has 0 radical (unpaired) electrons. The molecule has 0 aliphatic rings. The number of carbonyl (C=O) groups is 1. The molecule has 110 valence electrons. The van der Waals surface area contributed by atoms with Gasteiger partial charge in [0.25, 0.3) is 0 Å². The van der Waals surface area contributed by atoms with Crippen LogP contribution in [0, 0.1) is 11.6 Å². The van der Waals surface area contributed by atoms with Crippen molar-refractivity contribution in [1.82, 2.24) is 4.98 Å². The summed E-state index contributed by atoms with van der Waals surface area (Å²) in [5.74, 6) is -2.38. The maximum absolute atomic E-state index is 13.8. The van der Waals surface area contributed by atoms with Crippen molar-refractivity contribution in [1.29, 1.82) is 0 Å². The van der Waals surface area contributed by atoms with Crippen LogP contribution in [0.25, 0.3) is 0 Å². The van der Waals surface area contributed by atoms with E-state index in [-0.39, 0.29) is 21.7 Å². The molecule has 0 atom stereocenters. The van der Waals surface area contributed by atoms with Crippen molar-refractivity contribution in [3.8, 4) is 0 Å². The van der Waals surface area contributed by atoms with Gasteiger partial charge >= 0.3 is 5.97 Å². The number of anilines is 3. The predicted molar refractivity (Wildman–Crippen MR) is 77.3 cm³/mol.